The van der Waals surface area contributed by atoms with E-state index < -0.39 is 0 Å². The van der Waals surface area contributed by atoms with Gasteiger partial charge in [0.15, 0.2) is 0 Å². The number of hydrogen-bond acceptors (Lipinski definition) is 3. The quantitative estimate of drug-likeness (QED) is 0.807. The largest absolute Gasteiger partial charge is 0.364 e. The molecule has 1 aromatic carbocycles. The number of rotatable bonds is 3. The molecule has 2 aliphatic heterocycles. The van der Waals surface area contributed by atoms with Gasteiger partial charge in [-0.05, 0) is 82.5 Å². The van der Waals surface area contributed by atoms with Gasteiger partial charge in [-0.1, -0.05) is 6.07 Å². The van der Waals surface area contributed by atoms with Crippen LogP contribution in [0.25, 0.3) is 0 Å². The van der Waals surface area contributed by atoms with Crippen LogP contribution in [0, 0.1) is 12.7 Å². The second-order valence-corrected chi connectivity index (χ2v) is 8.57. The van der Waals surface area contributed by atoms with E-state index in [2.05, 4.69) is 41.6 Å². The average Bonchev–Trinajstić information content (AvgIpc) is 3.10. The van der Waals surface area contributed by atoms with E-state index in [0.29, 0.717) is 0 Å². The molecule has 4 heteroatoms. The molecule has 2 saturated heterocycles. The average molecular weight is 353 g/mol. The predicted molar refractivity (Wildman–Crippen MR) is 104 cm³/mol. The van der Waals surface area contributed by atoms with Gasteiger partial charge in [-0.25, -0.2) is 4.39 Å². The van der Waals surface area contributed by atoms with Crippen LogP contribution in [0.15, 0.2) is 42.6 Å². The Bertz CT molecular complexity index is 786. The molecule has 1 unspecified atom stereocenters. The van der Waals surface area contributed by atoms with Gasteiger partial charge in [-0.3, -0.25) is 9.88 Å². The van der Waals surface area contributed by atoms with Crippen molar-refractivity contribution in [2.45, 2.75) is 57.7 Å². The summed E-state index contributed by atoms with van der Waals surface area (Å²) < 4.78 is 13.4. The van der Waals surface area contributed by atoms with Crippen LogP contribution >= 0.6 is 0 Å². The molecule has 0 saturated carbocycles. The summed E-state index contributed by atoms with van der Waals surface area (Å²) in [6, 6.07) is 11.1. The second-order valence-electron chi connectivity index (χ2n) is 8.57. The molecule has 0 bridgehead atoms. The fourth-order valence-corrected chi connectivity index (χ4v) is 5.01. The third-order valence-electron chi connectivity index (χ3n) is 6.28. The van der Waals surface area contributed by atoms with Crippen LogP contribution in [-0.4, -0.2) is 34.1 Å². The summed E-state index contributed by atoms with van der Waals surface area (Å²) in [5, 5.41) is 0. The number of likely N-dealkylation sites (tertiary alicyclic amines) is 1. The van der Waals surface area contributed by atoms with Crippen molar-refractivity contribution in [3.8, 4) is 0 Å². The first-order valence-corrected chi connectivity index (χ1v) is 9.58. The Morgan fingerprint density at radius 3 is 2.65 bits per heavy atom. The number of anilines is 1. The molecule has 26 heavy (non-hydrogen) atoms. The SMILES string of the molecule is Cc1cccnc1CN1CCCC12CN(c1ccc(F)cc1)C(C)(C)C2. The molecule has 0 aliphatic carbocycles. The molecular formula is C22H28FN3. The zero-order valence-corrected chi connectivity index (χ0v) is 16.0. The molecular weight excluding hydrogens is 325 g/mol. The van der Waals surface area contributed by atoms with Gasteiger partial charge in [0.1, 0.15) is 5.82 Å². The lowest BCUT2D eigenvalue weighted by Gasteiger charge is -2.35. The zero-order chi connectivity index (χ0) is 18.4. The first-order valence-electron chi connectivity index (χ1n) is 9.58. The molecule has 138 valence electrons. The van der Waals surface area contributed by atoms with Crippen LogP contribution in [0.4, 0.5) is 10.1 Å². The van der Waals surface area contributed by atoms with Gasteiger partial charge in [-0.15, -0.1) is 0 Å². The van der Waals surface area contributed by atoms with Gasteiger partial charge in [0, 0.05) is 36.1 Å². The second kappa shape index (κ2) is 6.34. The minimum atomic E-state index is -0.173. The third kappa shape index (κ3) is 3.01. The lowest BCUT2D eigenvalue weighted by molar-refractivity contribution is 0.139. The van der Waals surface area contributed by atoms with Gasteiger partial charge in [0.2, 0.25) is 0 Å². The van der Waals surface area contributed by atoms with Crippen molar-refractivity contribution in [2.75, 3.05) is 18.0 Å². The van der Waals surface area contributed by atoms with Crippen LogP contribution in [0.3, 0.4) is 0 Å². The summed E-state index contributed by atoms with van der Waals surface area (Å²) in [6.07, 6.45) is 5.48. The Labute approximate surface area is 155 Å². The number of aryl methyl sites for hydroxylation is 1. The van der Waals surface area contributed by atoms with Crippen molar-refractivity contribution < 1.29 is 4.39 Å². The van der Waals surface area contributed by atoms with Crippen molar-refractivity contribution in [1.29, 1.82) is 0 Å². The van der Waals surface area contributed by atoms with Gasteiger partial charge in [0.05, 0.1) is 5.69 Å². The first kappa shape index (κ1) is 17.5. The number of benzene rings is 1. The summed E-state index contributed by atoms with van der Waals surface area (Å²) in [4.78, 5) is 9.74. The van der Waals surface area contributed by atoms with Crippen molar-refractivity contribution in [1.82, 2.24) is 9.88 Å². The number of pyridine rings is 1. The summed E-state index contributed by atoms with van der Waals surface area (Å²) in [5.74, 6) is -0.173. The van der Waals surface area contributed by atoms with E-state index >= 15 is 0 Å². The Kier molecular flexibility index (Phi) is 4.26. The minimum Gasteiger partial charge on any atom is -0.364 e. The van der Waals surface area contributed by atoms with Crippen molar-refractivity contribution in [2.24, 2.45) is 0 Å². The molecule has 3 heterocycles. The number of halogens is 1. The Morgan fingerprint density at radius 1 is 1.15 bits per heavy atom. The fraction of sp³-hybridized carbons (Fsp3) is 0.500. The highest BCUT2D eigenvalue weighted by atomic mass is 19.1. The number of nitrogens with zero attached hydrogens (tertiary/aromatic N) is 3. The van der Waals surface area contributed by atoms with Gasteiger partial charge < -0.3 is 4.90 Å². The summed E-state index contributed by atoms with van der Waals surface area (Å²) in [5.41, 5.74) is 3.81. The van der Waals surface area contributed by atoms with Gasteiger partial charge >= 0.3 is 0 Å². The summed E-state index contributed by atoms with van der Waals surface area (Å²) >= 11 is 0. The Morgan fingerprint density at radius 2 is 1.92 bits per heavy atom. The fourth-order valence-electron chi connectivity index (χ4n) is 5.01. The Hall–Kier alpha value is -1.94. The zero-order valence-electron chi connectivity index (χ0n) is 16.0. The Balaban J connectivity index is 1.61. The normalized spacial score (nSPS) is 25.3. The maximum atomic E-state index is 13.4. The van der Waals surface area contributed by atoms with E-state index in [1.54, 1.807) is 12.1 Å². The van der Waals surface area contributed by atoms with E-state index in [0.717, 1.165) is 31.7 Å². The molecule has 1 atom stereocenters. The predicted octanol–water partition coefficient (Wildman–Crippen LogP) is 4.55. The van der Waals surface area contributed by atoms with Crippen molar-refractivity contribution >= 4 is 5.69 Å². The van der Waals surface area contributed by atoms with E-state index in [-0.39, 0.29) is 16.9 Å². The van der Waals surface area contributed by atoms with Crippen LogP contribution in [0.5, 0.6) is 0 Å². The molecule has 0 amide bonds. The molecule has 2 aromatic rings. The topological polar surface area (TPSA) is 19.4 Å². The number of hydrogen-bond donors (Lipinski definition) is 0. The summed E-state index contributed by atoms with van der Waals surface area (Å²) in [6.45, 7) is 9.82. The highest BCUT2D eigenvalue weighted by Crippen LogP contribution is 2.47. The van der Waals surface area contributed by atoms with Crippen LogP contribution in [0.2, 0.25) is 0 Å². The van der Waals surface area contributed by atoms with E-state index in [1.165, 1.54) is 24.1 Å². The first-order chi connectivity index (χ1) is 12.4. The molecule has 2 aliphatic rings. The van der Waals surface area contributed by atoms with Crippen LogP contribution in [-0.2, 0) is 6.54 Å². The molecule has 0 radical (unpaired) electrons. The monoisotopic (exact) mass is 353 g/mol. The third-order valence-corrected chi connectivity index (χ3v) is 6.28. The maximum absolute atomic E-state index is 13.4. The van der Waals surface area contributed by atoms with Crippen molar-refractivity contribution in [3.63, 3.8) is 0 Å². The van der Waals surface area contributed by atoms with Crippen LogP contribution < -0.4 is 4.90 Å². The van der Waals surface area contributed by atoms with Crippen molar-refractivity contribution in [3.05, 3.63) is 59.7 Å². The highest BCUT2D eigenvalue weighted by Gasteiger charge is 2.53. The van der Waals surface area contributed by atoms with Gasteiger partial charge in [-0.2, -0.15) is 0 Å². The molecule has 1 spiro atoms. The van der Waals surface area contributed by atoms with E-state index in [4.69, 9.17) is 0 Å². The molecule has 2 fully saturated rings. The standard InChI is InChI=1S/C22H28FN3/c1-17-6-4-12-24-20(17)14-25-13-5-11-22(25)15-21(2,3)26(16-22)19-9-7-18(23)8-10-19/h4,6-10,12H,5,11,13-16H2,1-3H3. The van der Waals surface area contributed by atoms with Crippen LogP contribution in [0.1, 0.15) is 44.4 Å². The summed E-state index contributed by atoms with van der Waals surface area (Å²) in [7, 11) is 0. The molecule has 4 rings (SSSR count). The molecule has 0 N–H and O–H groups in total. The highest BCUT2D eigenvalue weighted by molar-refractivity contribution is 5.51. The number of aromatic nitrogens is 1. The smallest absolute Gasteiger partial charge is 0.123 e. The lowest BCUT2D eigenvalue weighted by atomic mass is 9.87. The minimum absolute atomic E-state index is 0.0551. The molecule has 1 aromatic heterocycles. The van der Waals surface area contributed by atoms with Gasteiger partial charge in [0.25, 0.3) is 0 Å². The molecule has 3 nitrogen and oxygen atoms in total. The van der Waals surface area contributed by atoms with E-state index in [1.807, 2.05) is 24.4 Å². The maximum Gasteiger partial charge on any atom is 0.123 e. The lowest BCUT2D eigenvalue weighted by Crippen LogP contribution is -2.45. The van der Waals surface area contributed by atoms with E-state index in [9.17, 15) is 4.39 Å².